The summed E-state index contributed by atoms with van der Waals surface area (Å²) in [7, 11) is 0. The van der Waals surface area contributed by atoms with Crippen molar-refractivity contribution in [2.45, 2.75) is 26.2 Å². The maximum atomic E-state index is 8.56. The van der Waals surface area contributed by atoms with E-state index in [9.17, 15) is 0 Å². The van der Waals surface area contributed by atoms with Gasteiger partial charge in [-0.2, -0.15) is 0 Å². The first-order chi connectivity index (χ1) is 7.04. The van der Waals surface area contributed by atoms with Crippen molar-refractivity contribution in [3.63, 3.8) is 0 Å². The molecule has 0 bridgehead atoms. The third-order valence-corrected chi connectivity index (χ3v) is 2.24. The van der Waals surface area contributed by atoms with Crippen LogP contribution in [0.25, 0.3) is 6.08 Å². The second-order valence-electron chi connectivity index (χ2n) is 4.57. The molecule has 0 aliphatic rings. The van der Waals surface area contributed by atoms with Gasteiger partial charge in [-0.15, -0.1) is 5.73 Å². The highest BCUT2D eigenvalue weighted by Crippen LogP contribution is 2.22. The number of rotatable bonds is 2. The molecule has 1 N–H and O–H groups in total. The van der Waals surface area contributed by atoms with Crippen molar-refractivity contribution in [2.24, 2.45) is 0 Å². The Morgan fingerprint density at radius 2 is 1.80 bits per heavy atom. The van der Waals surface area contributed by atoms with Gasteiger partial charge in [0.1, 0.15) is 0 Å². The maximum Gasteiger partial charge on any atom is 0.0686 e. The van der Waals surface area contributed by atoms with Crippen LogP contribution < -0.4 is 0 Å². The molecule has 1 aromatic carbocycles. The van der Waals surface area contributed by atoms with Crippen molar-refractivity contribution in [2.75, 3.05) is 6.61 Å². The maximum absolute atomic E-state index is 8.56. The molecule has 1 nitrogen and oxygen atoms in total. The van der Waals surface area contributed by atoms with Gasteiger partial charge in [-0.3, -0.25) is 0 Å². The van der Waals surface area contributed by atoms with Crippen LogP contribution in [0.5, 0.6) is 0 Å². The van der Waals surface area contributed by atoms with Crippen molar-refractivity contribution in [3.8, 4) is 0 Å². The first-order valence-corrected chi connectivity index (χ1v) is 5.16. The Labute approximate surface area is 91.8 Å². The fourth-order valence-corrected chi connectivity index (χ4v) is 1.29. The summed E-state index contributed by atoms with van der Waals surface area (Å²) in [6.07, 6.45) is 3.46. The Morgan fingerprint density at radius 3 is 2.27 bits per heavy atom. The van der Waals surface area contributed by atoms with Crippen LogP contribution in [0.4, 0.5) is 0 Å². The normalized spacial score (nSPS) is 10.7. The van der Waals surface area contributed by atoms with E-state index in [4.69, 9.17) is 5.11 Å². The molecule has 15 heavy (non-hydrogen) atoms. The molecule has 0 unspecified atom stereocenters. The molecule has 0 spiro atoms. The molecule has 0 heterocycles. The molecular weight excluding hydrogens is 184 g/mol. The summed E-state index contributed by atoms with van der Waals surface area (Å²) in [5.74, 6) is 0. The van der Waals surface area contributed by atoms with Crippen LogP contribution in [0.15, 0.2) is 36.1 Å². The van der Waals surface area contributed by atoms with E-state index in [1.807, 2.05) is 6.08 Å². The smallest absolute Gasteiger partial charge is 0.0686 e. The van der Waals surface area contributed by atoms with E-state index in [2.05, 4.69) is 50.8 Å². The molecule has 80 valence electrons. The average molecular weight is 202 g/mol. The number of aliphatic hydroxyl groups excluding tert-OH is 1. The zero-order chi connectivity index (χ0) is 11.3. The minimum Gasteiger partial charge on any atom is -0.392 e. The van der Waals surface area contributed by atoms with Gasteiger partial charge >= 0.3 is 0 Å². The summed E-state index contributed by atoms with van der Waals surface area (Å²) < 4.78 is 0. The summed E-state index contributed by atoms with van der Waals surface area (Å²) in [6.45, 7) is 6.63. The second kappa shape index (κ2) is 4.97. The minimum atomic E-state index is 0.0383. The topological polar surface area (TPSA) is 20.2 Å². The van der Waals surface area contributed by atoms with Crippen molar-refractivity contribution in [1.82, 2.24) is 0 Å². The number of hydrogen-bond donors (Lipinski definition) is 1. The molecule has 0 aromatic heterocycles. The van der Waals surface area contributed by atoms with Crippen LogP contribution >= 0.6 is 0 Å². The fourth-order valence-electron chi connectivity index (χ4n) is 1.29. The van der Waals surface area contributed by atoms with Crippen LogP contribution in [-0.4, -0.2) is 11.7 Å². The zero-order valence-corrected chi connectivity index (χ0v) is 9.62. The molecule has 0 aliphatic carbocycles. The summed E-state index contributed by atoms with van der Waals surface area (Å²) in [6, 6.07) is 8.40. The SMILES string of the molecule is CC(C)(C)c1ccc(C=C=CCO)cc1. The average Bonchev–Trinajstić information content (AvgIpc) is 2.18. The first kappa shape index (κ1) is 11.8. The lowest BCUT2D eigenvalue weighted by atomic mass is 9.87. The molecular formula is C14H18O. The van der Waals surface area contributed by atoms with Gasteiger partial charge in [0.05, 0.1) is 6.61 Å². The highest BCUT2D eigenvalue weighted by Gasteiger charge is 2.12. The molecule has 0 atom stereocenters. The van der Waals surface area contributed by atoms with E-state index in [1.54, 1.807) is 6.08 Å². The van der Waals surface area contributed by atoms with Gasteiger partial charge in [0.25, 0.3) is 0 Å². The monoisotopic (exact) mass is 202 g/mol. The molecule has 1 aromatic rings. The molecule has 0 fully saturated rings. The molecule has 1 rings (SSSR count). The van der Waals surface area contributed by atoms with Crippen LogP contribution in [0.3, 0.4) is 0 Å². The molecule has 0 radical (unpaired) electrons. The van der Waals surface area contributed by atoms with Gasteiger partial charge in [-0.1, -0.05) is 45.0 Å². The number of hydrogen-bond acceptors (Lipinski definition) is 1. The predicted octanol–water partition coefficient (Wildman–Crippen LogP) is 3.14. The Hall–Kier alpha value is -1.30. The Morgan fingerprint density at radius 1 is 1.20 bits per heavy atom. The molecule has 0 amide bonds. The lowest BCUT2D eigenvalue weighted by Gasteiger charge is -2.18. The predicted molar refractivity (Wildman–Crippen MR) is 64.8 cm³/mol. The van der Waals surface area contributed by atoms with Crippen molar-refractivity contribution in [1.29, 1.82) is 0 Å². The quantitative estimate of drug-likeness (QED) is 0.730. The van der Waals surface area contributed by atoms with Gasteiger partial charge in [0.15, 0.2) is 0 Å². The lowest BCUT2D eigenvalue weighted by Crippen LogP contribution is -2.10. The first-order valence-electron chi connectivity index (χ1n) is 5.16. The van der Waals surface area contributed by atoms with Crippen molar-refractivity contribution < 1.29 is 5.11 Å². The van der Waals surface area contributed by atoms with E-state index < -0.39 is 0 Å². The van der Waals surface area contributed by atoms with E-state index in [0.717, 1.165) is 5.56 Å². The highest BCUT2D eigenvalue weighted by molar-refractivity contribution is 5.49. The van der Waals surface area contributed by atoms with E-state index in [1.165, 1.54) is 5.56 Å². The van der Waals surface area contributed by atoms with Crippen LogP contribution in [0.1, 0.15) is 31.9 Å². The highest BCUT2D eigenvalue weighted by atomic mass is 16.2. The van der Waals surface area contributed by atoms with Crippen LogP contribution in [0, 0.1) is 0 Å². The van der Waals surface area contributed by atoms with Crippen LogP contribution in [-0.2, 0) is 5.41 Å². The lowest BCUT2D eigenvalue weighted by molar-refractivity contribution is 0.343. The minimum absolute atomic E-state index is 0.0383. The number of aliphatic hydroxyl groups is 1. The standard InChI is InChI=1S/C14H18O/c1-14(2,3)13-9-7-12(8-10-13)6-4-5-11-15/h5-10,15H,11H2,1-3H3. The summed E-state index contributed by atoms with van der Waals surface area (Å²) in [5, 5.41) is 8.56. The molecule has 0 saturated heterocycles. The van der Waals surface area contributed by atoms with E-state index in [-0.39, 0.29) is 12.0 Å². The van der Waals surface area contributed by atoms with Crippen molar-refractivity contribution in [3.05, 3.63) is 47.2 Å². The van der Waals surface area contributed by atoms with E-state index in [0.29, 0.717) is 0 Å². The molecule has 0 aliphatic heterocycles. The van der Waals surface area contributed by atoms with Gasteiger partial charge in [0, 0.05) is 0 Å². The van der Waals surface area contributed by atoms with Gasteiger partial charge in [-0.25, -0.2) is 0 Å². The van der Waals surface area contributed by atoms with Crippen LogP contribution in [0.2, 0.25) is 0 Å². The Bertz CT molecular complexity index is 359. The fraction of sp³-hybridized carbons (Fsp3) is 0.357. The summed E-state index contributed by atoms with van der Waals surface area (Å²) in [4.78, 5) is 0. The van der Waals surface area contributed by atoms with Gasteiger partial charge in [-0.05, 0) is 28.7 Å². The molecule has 1 heteroatoms. The third-order valence-electron chi connectivity index (χ3n) is 2.24. The Kier molecular flexibility index (Phi) is 3.90. The largest absolute Gasteiger partial charge is 0.392 e. The van der Waals surface area contributed by atoms with Gasteiger partial charge < -0.3 is 5.11 Å². The molecule has 0 saturated carbocycles. The third kappa shape index (κ3) is 3.75. The zero-order valence-electron chi connectivity index (χ0n) is 9.62. The van der Waals surface area contributed by atoms with Gasteiger partial charge in [0.2, 0.25) is 0 Å². The Balaban J connectivity index is 2.86. The summed E-state index contributed by atoms with van der Waals surface area (Å²) >= 11 is 0. The second-order valence-corrected chi connectivity index (χ2v) is 4.57. The summed E-state index contributed by atoms with van der Waals surface area (Å²) in [5.41, 5.74) is 5.54. The van der Waals surface area contributed by atoms with Crippen molar-refractivity contribution >= 4 is 6.08 Å². The number of benzene rings is 1. The van der Waals surface area contributed by atoms with E-state index >= 15 is 0 Å².